The summed E-state index contributed by atoms with van der Waals surface area (Å²) in [7, 11) is 0. The number of aromatic nitrogens is 2. The molecule has 0 spiro atoms. The molecule has 6 heteroatoms. The summed E-state index contributed by atoms with van der Waals surface area (Å²) in [6.07, 6.45) is 10.9. The van der Waals surface area contributed by atoms with Gasteiger partial charge in [0.15, 0.2) is 0 Å². The molecule has 29 heavy (non-hydrogen) atoms. The minimum absolute atomic E-state index is 0.0991. The molecule has 0 saturated heterocycles. The Hall–Kier alpha value is -3.15. The molecule has 150 valence electrons. The number of hydrogen-bond acceptors (Lipinski definition) is 5. The summed E-state index contributed by atoms with van der Waals surface area (Å²) in [6, 6.07) is 7.94. The van der Waals surface area contributed by atoms with Crippen molar-refractivity contribution in [1.29, 1.82) is 0 Å². The average Bonchev–Trinajstić information content (AvgIpc) is 3.15. The van der Waals surface area contributed by atoms with Gasteiger partial charge in [-0.15, -0.1) is 0 Å². The Morgan fingerprint density at radius 2 is 2.07 bits per heavy atom. The molecular formula is C23H25N3O3. The summed E-state index contributed by atoms with van der Waals surface area (Å²) in [5, 5.41) is 0. The third-order valence-electron chi connectivity index (χ3n) is 4.83. The van der Waals surface area contributed by atoms with Crippen LogP contribution < -0.4 is 4.74 Å². The van der Waals surface area contributed by atoms with Crippen LogP contribution in [-0.2, 0) is 11.2 Å². The van der Waals surface area contributed by atoms with Gasteiger partial charge in [0.1, 0.15) is 17.7 Å². The van der Waals surface area contributed by atoms with Gasteiger partial charge < -0.3 is 9.47 Å². The van der Waals surface area contributed by atoms with Crippen LogP contribution in [0.3, 0.4) is 0 Å². The molecule has 0 radical (unpaired) electrons. The van der Waals surface area contributed by atoms with Crippen molar-refractivity contribution < 1.29 is 14.3 Å². The van der Waals surface area contributed by atoms with Crippen LogP contribution in [0, 0.1) is 0 Å². The molecule has 2 heterocycles. The fourth-order valence-corrected chi connectivity index (χ4v) is 3.40. The van der Waals surface area contributed by atoms with E-state index in [1.807, 2.05) is 45.0 Å². The number of hydrogen-bond donors (Lipinski definition) is 0. The standard InChI is InChI=1S/C23H25N3O3/c1-23(2,3)29-22(27)26-11-9-17(10-12-26)20-14-21(25-15-24-20)28-19-8-7-16-5-4-6-18(16)13-19/h4,6-9,11,13-15,17H,5,10,12H2,1-3H3. The van der Waals surface area contributed by atoms with Crippen LogP contribution in [0.15, 0.2) is 48.9 Å². The van der Waals surface area contributed by atoms with E-state index in [0.717, 1.165) is 24.3 Å². The van der Waals surface area contributed by atoms with Crippen LogP contribution in [0.4, 0.5) is 4.79 Å². The Labute approximate surface area is 170 Å². The van der Waals surface area contributed by atoms with Crippen LogP contribution in [-0.4, -0.2) is 33.1 Å². The number of nitrogens with zero attached hydrogens (tertiary/aromatic N) is 3. The number of carbonyl (C=O) groups is 1. The summed E-state index contributed by atoms with van der Waals surface area (Å²) in [6.45, 7) is 6.16. The average molecular weight is 391 g/mol. The van der Waals surface area contributed by atoms with E-state index in [1.54, 1.807) is 11.1 Å². The maximum Gasteiger partial charge on any atom is 0.414 e. The van der Waals surface area contributed by atoms with Gasteiger partial charge in [0.25, 0.3) is 0 Å². The summed E-state index contributed by atoms with van der Waals surface area (Å²) < 4.78 is 11.4. The van der Waals surface area contributed by atoms with Gasteiger partial charge in [0, 0.05) is 24.7 Å². The van der Waals surface area contributed by atoms with Crippen molar-refractivity contribution in [2.75, 3.05) is 6.54 Å². The molecule has 1 atom stereocenters. The predicted molar refractivity (Wildman–Crippen MR) is 111 cm³/mol. The zero-order valence-corrected chi connectivity index (χ0v) is 17.0. The first-order valence-electron chi connectivity index (χ1n) is 9.85. The van der Waals surface area contributed by atoms with Gasteiger partial charge >= 0.3 is 6.09 Å². The SMILES string of the molecule is CC(C)(C)OC(=O)N1C=CC(c2cc(Oc3ccc4c(c3)C=CC4)ncn2)CC1. The Bertz CT molecular complexity index is 976. The van der Waals surface area contributed by atoms with Crippen molar-refractivity contribution in [1.82, 2.24) is 14.9 Å². The highest BCUT2D eigenvalue weighted by Gasteiger charge is 2.25. The summed E-state index contributed by atoms with van der Waals surface area (Å²) in [5.41, 5.74) is 2.86. The Kier molecular flexibility index (Phi) is 5.09. The molecule has 1 aromatic heterocycles. The molecule has 0 fully saturated rings. The van der Waals surface area contributed by atoms with Gasteiger partial charge in [-0.25, -0.2) is 14.8 Å². The first kappa shape index (κ1) is 19.2. The number of fused-ring (bicyclic) bond motifs is 1. The molecule has 1 amide bonds. The fourth-order valence-electron chi connectivity index (χ4n) is 3.40. The first-order chi connectivity index (χ1) is 13.9. The van der Waals surface area contributed by atoms with Crippen molar-refractivity contribution in [3.63, 3.8) is 0 Å². The van der Waals surface area contributed by atoms with Crippen molar-refractivity contribution in [3.05, 3.63) is 65.8 Å². The second kappa shape index (κ2) is 7.70. The largest absolute Gasteiger partial charge is 0.443 e. The van der Waals surface area contributed by atoms with E-state index in [0.29, 0.717) is 12.4 Å². The molecule has 2 aliphatic rings. The van der Waals surface area contributed by atoms with Crippen molar-refractivity contribution in [3.8, 4) is 11.6 Å². The minimum Gasteiger partial charge on any atom is -0.443 e. The van der Waals surface area contributed by atoms with E-state index < -0.39 is 5.60 Å². The third kappa shape index (κ3) is 4.65. The predicted octanol–water partition coefficient (Wildman–Crippen LogP) is 5.08. The molecule has 0 saturated carbocycles. The van der Waals surface area contributed by atoms with E-state index in [9.17, 15) is 4.79 Å². The van der Waals surface area contributed by atoms with Crippen LogP contribution >= 0.6 is 0 Å². The molecule has 0 bridgehead atoms. The molecule has 6 nitrogen and oxygen atoms in total. The van der Waals surface area contributed by atoms with E-state index in [1.165, 1.54) is 17.5 Å². The Balaban J connectivity index is 1.43. The maximum atomic E-state index is 12.2. The monoisotopic (exact) mass is 391 g/mol. The quantitative estimate of drug-likeness (QED) is 0.730. The summed E-state index contributed by atoms with van der Waals surface area (Å²) in [5.74, 6) is 1.37. The van der Waals surface area contributed by atoms with E-state index in [4.69, 9.17) is 9.47 Å². The lowest BCUT2D eigenvalue weighted by Crippen LogP contribution is -2.36. The second-order valence-corrected chi connectivity index (χ2v) is 8.26. The number of benzene rings is 1. The molecule has 1 unspecified atom stereocenters. The van der Waals surface area contributed by atoms with Gasteiger partial charge in [0.05, 0.1) is 5.69 Å². The van der Waals surface area contributed by atoms with Crippen LogP contribution in [0.25, 0.3) is 6.08 Å². The summed E-state index contributed by atoms with van der Waals surface area (Å²) in [4.78, 5) is 22.4. The minimum atomic E-state index is -0.506. The van der Waals surface area contributed by atoms with Crippen molar-refractivity contribution in [2.45, 2.75) is 45.1 Å². The lowest BCUT2D eigenvalue weighted by molar-refractivity contribution is 0.0324. The second-order valence-electron chi connectivity index (χ2n) is 8.26. The van der Waals surface area contributed by atoms with Gasteiger partial charge in [-0.05, 0) is 56.9 Å². The van der Waals surface area contributed by atoms with Crippen molar-refractivity contribution in [2.24, 2.45) is 0 Å². The van der Waals surface area contributed by atoms with Crippen LogP contribution in [0.2, 0.25) is 0 Å². The van der Waals surface area contributed by atoms with Gasteiger partial charge in [0.2, 0.25) is 5.88 Å². The van der Waals surface area contributed by atoms with Crippen LogP contribution in [0.1, 0.15) is 49.9 Å². The topological polar surface area (TPSA) is 64.5 Å². The highest BCUT2D eigenvalue weighted by Crippen LogP contribution is 2.30. The smallest absolute Gasteiger partial charge is 0.414 e. The lowest BCUT2D eigenvalue weighted by atomic mass is 9.98. The zero-order valence-electron chi connectivity index (χ0n) is 17.0. The van der Waals surface area contributed by atoms with Crippen molar-refractivity contribution >= 4 is 12.2 Å². The molecule has 0 N–H and O–H groups in total. The third-order valence-corrected chi connectivity index (χ3v) is 4.83. The molecular weight excluding hydrogens is 366 g/mol. The molecule has 1 aliphatic heterocycles. The maximum absolute atomic E-state index is 12.2. The van der Waals surface area contributed by atoms with E-state index in [2.05, 4.69) is 28.2 Å². The number of ether oxygens (including phenoxy) is 2. The Morgan fingerprint density at radius 1 is 1.21 bits per heavy atom. The summed E-state index contributed by atoms with van der Waals surface area (Å²) >= 11 is 0. The highest BCUT2D eigenvalue weighted by atomic mass is 16.6. The number of allylic oxidation sites excluding steroid dienone is 2. The number of carbonyl (C=O) groups excluding carboxylic acids is 1. The molecule has 1 aliphatic carbocycles. The fraction of sp³-hybridized carbons (Fsp3) is 0.348. The van der Waals surface area contributed by atoms with E-state index >= 15 is 0 Å². The molecule has 1 aromatic carbocycles. The number of rotatable bonds is 3. The highest BCUT2D eigenvalue weighted by molar-refractivity contribution is 5.69. The number of amides is 1. The van der Waals surface area contributed by atoms with Gasteiger partial charge in [-0.1, -0.05) is 24.3 Å². The Morgan fingerprint density at radius 3 is 2.83 bits per heavy atom. The van der Waals surface area contributed by atoms with Gasteiger partial charge in [-0.2, -0.15) is 0 Å². The normalized spacial score (nSPS) is 17.9. The first-order valence-corrected chi connectivity index (χ1v) is 9.85. The zero-order chi connectivity index (χ0) is 20.4. The molecule has 4 rings (SSSR count). The van der Waals surface area contributed by atoms with Gasteiger partial charge in [-0.3, -0.25) is 4.90 Å². The van der Waals surface area contributed by atoms with E-state index in [-0.39, 0.29) is 12.0 Å². The lowest BCUT2D eigenvalue weighted by Gasteiger charge is -2.28. The molecule has 2 aromatic rings. The van der Waals surface area contributed by atoms with Crippen LogP contribution in [0.5, 0.6) is 11.6 Å².